The fraction of sp³-hybridized carbons (Fsp3) is 0.533. The molecule has 1 heterocycles. The molecule has 0 aliphatic carbocycles. The Hall–Kier alpha value is -1.74. The molecule has 2 rings (SSSR count). The highest BCUT2D eigenvalue weighted by Crippen LogP contribution is 2.35. The predicted molar refractivity (Wildman–Crippen MR) is 74.7 cm³/mol. The smallest absolute Gasteiger partial charge is 0.372 e. The Balaban J connectivity index is 2.21. The third-order valence-electron chi connectivity index (χ3n) is 4.08. The summed E-state index contributed by atoms with van der Waals surface area (Å²) >= 11 is 0. The topological polar surface area (TPSA) is 53.0 Å². The van der Waals surface area contributed by atoms with E-state index in [4.69, 9.17) is 11.0 Å². The molecule has 0 aromatic heterocycles. The average Bonchev–Trinajstić information content (AvgIpc) is 2.45. The normalized spacial score (nSPS) is 18.4. The number of nitrogens with two attached hydrogens (primary N) is 1. The van der Waals surface area contributed by atoms with Crippen molar-refractivity contribution in [3.8, 4) is 6.07 Å². The van der Waals surface area contributed by atoms with Crippen molar-refractivity contribution in [3.63, 3.8) is 0 Å². The van der Waals surface area contributed by atoms with Crippen LogP contribution in [-0.4, -0.2) is 19.1 Å². The van der Waals surface area contributed by atoms with Gasteiger partial charge in [-0.25, -0.2) is 0 Å². The van der Waals surface area contributed by atoms with Crippen LogP contribution in [0.5, 0.6) is 0 Å². The van der Waals surface area contributed by atoms with Gasteiger partial charge in [-0.1, -0.05) is 0 Å². The molecule has 1 aliphatic rings. The lowest BCUT2D eigenvalue weighted by atomic mass is 9.90. The Morgan fingerprint density at radius 1 is 1.33 bits per heavy atom. The fourth-order valence-electron chi connectivity index (χ4n) is 2.74. The summed E-state index contributed by atoms with van der Waals surface area (Å²) in [6.45, 7) is 3.34. The molecule has 6 heteroatoms. The number of nitriles is 1. The van der Waals surface area contributed by atoms with Crippen LogP contribution in [0, 0.1) is 17.2 Å². The summed E-state index contributed by atoms with van der Waals surface area (Å²) in [5.74, 6) is 0.418. The first-order chi connectivity index (χ1) is 9.82. The van der Waals surface area contributed by atoms with Gasteiger partial charge in [0.15, 0.2) is 0 Å². The van der Waals surface area contributed by atoms with Gasteiger partial charge in [0.1, 0.15) is 0 Å². The number of anilines is 1. The van der Waals surface area contributed by atoms with Gasteiger partial charge in [0.25, 0.3) is 0 Å². The first kappa shape index (κ1) is 15.6. The van der Waals surface area contributed by atoms with Gasteiger partial charge in [0.05, 0.1) is 17.2 Å². The van der Waals surface area contributed by atoms with Gasteiger partial charge in [0, 0.05) is 24.8 Å². The molecule has 1 aromatic rings. The second kappa shape index (κ2) is 5.94. The minimum atomic E-state index is -4.51. The van der Waals surface area contributed by atoms with Crippen molar-refractivity contribution in [3.05, 3.63) is 29.3 Å². The molecule has 1 unspecified atom stereocenters. The maximum absolute atomic E-state index is 13.0. The van der Waals surface area contributed by atoms with Crippen LogP contribution in [0.2, 0.25) is 0 Å². The maximum atomic E-state index is 13.0. The fourth-order valence-corrected chi connectivity index (χ4v) is 2.74. The molecule has 0 radical (unpaired) electrons. The highest BCUT2D eigenvalue weighted by molar-refractivity contribution is 5.55. The van der Waals surface area contributed by atoms with Gasteiger partial charge in [-0.2, -0.15) is 18.4 Å². The predicted octanol–water partition coefficient (Wildman–Crippen LogP) is 3.14. The molecule has 0 amide bonds. The third kappa shape index (κ3) is 3.48. The van der Waals surface area contributed by atoms with E-state index in [-0.39, 0.29) is 11.6 Å². The first-order valence-corrected chi connectivity index (χ1v) is 6.95. The molecule has 1 atom stereocenters. The Kier molecular flexibility index (Phi) is 4.43. The van der Waals surface area contributed by atoms with Gasteiger partial charge >= 0.3 is 6.18 Å². The number of rotatable bonds is 2. The van der Waals surface area contributed by atoms with Crippen molar-refractivity contribution < 1.29 is 13.2 Å². The second-order valence-corrected chi connectivity index (χ2v) is 5.52. The minimum Gasteiger partial charge on any atom is -0.372 e. The molecule has 0 bridgehead atoms. The SMILES string of the molecule is CC(N)C1CCN(c2ccc(C#N)c(C(F)(F)F)c2)CC1. The number of piperidine rings is 1. The van der Waals surface area contributed by atoms with Gasteiger partial charge in [0.2, 0.25) is 0 Å². The van der Waals surface area contributed by atoms with Gasteiger partial charge in [-0.15, -0.1) is 0 Å². The summed E-state index contributed by atoms with van der Waals surface area (Å²) in [7, 11) is 0. The molecule has 1 aromatic carbocycles. The lowest BCUT2D eigenvalue weighted by molar-refractivity contribution is -0.137. The van der Waals surface area contributed by atoms with Crippen molar-refractivity contribution in [2.75, 3.05) is 18.0 Å². The van der Waals surface area contributed by atoms with E-state index in [1.54, 1.807) is 12.1 Å². The van der Waals surface area contributed by atoms with E-state index in [1.807, 2.05) is 11.8 Å². The number of hydrogen-bond acceptors (Lipinski definition) is 3. The zero-order valence-electron chi connectivity index (χ0n) is 11.8. The number of alkyl halides is 3. The monoisotopic (exact) mass is 297 g/mol. The Morgan fingerprint density at radius 3 is 2.43 bits per heavy atom. The van der Waals surface area contributed by atoms with Crippen molar-refractivity contribution in [1.82, 2.24) is 0 Å². The quantitative estimate of drug-likeness (QED) is 0.912. The van der Waals surface area contributed by atoms with E-state index in [1.165, 1.54) is 6.07 Å². The van der Waals surface area contributed by atoms with Crippen LogP contribution < -0.4 is 10.6 Å². The molecule has 1 aliphatic heterocycles. The van der Waals surface area contributed by atoms with E-state index >= 15 is 0 Å². The van der Waals surface area contributed by atoms with Crippen molar-refractivity contribution in [2.45, 2.75) is 32.0 Å². The van der Waals surface area contributed by atoms with Crippen LogP contribution in [0.3, 0.4) is 0 Å². The van der Waals surface area contributed by atoms with E-state index < -0.39 is 11.7 Å². The zero-order valence-corrected chi connectivity index (χ0v) is 11.8. The summed E-state index contributed by atoms with van der Waals surface area (Å²) in [6, 6.07) is 5.61. The molecule has 21 heavy (non-hydrogen) atoms. The van der Waals surface area contributed by atoms with Crippen molar-refractivity contribution in [1.29, 1.82) is 5.26 Å². The number of hydrogen-bond donors (Lipinski definition) is 1. The van der Waals surface area contributed by atoms with Gasteiger partial charge in [-0.05, 0) is 43.9 Å². The summed E-state index contributed by atoms with van der Waals surface area (Å²) in [6.07, 6.45) is -2.76. The molecule has 114 valence electrons. The average molecular weight is 297 g/mol. The van der Waals surface area contributed by atoms with Crippen LogP contribution in [0.15, 0.2) is 18.2 Å². The van der Waals surface area contributed by atoms with Gasteiger partial charge in [-0.3, -0.25) is 0 Å². The minimum absolute atomic E-state index is 0.110. The number of benzene rings is 1. The summed E-state index contributed by atoms with van der Waals surface area (Å²) in [4.78, 5) is 1.93. The van der Waals surface area contributed by atoms with Crippen molar-refractivity contribution in [2.24, 2.45) is 11.7 Å². The maximum Gasteiger partial charge on any atom is 0.417 e. The molecule has 1 fully saturated rings. The summed E-state index contributed by atoms with van der Waals surface area (Å²) in [5, 5.41) is 8.80. The molecular formula is C15H18F3N3. The molecule has 1 saturated heterocycles. The molecule has 0 saturated carbocycles. The third-order valence-corrected chi connectivity index (χ3v) is 4.08. The lowest BCUT2D eigenvalue weighted by Crippen LogP contribution is -2.39. The molecule has 2 N–H and O–H groups in total. The van der Waals surface area contributed by atoms with E-state index in [0.717, 1.165) is 18.9 Å². The Bertz CT molecular complexity index is 538. The highest BCUT2D eigenvalue weighted by atomic mass is 19.4. The van der Waals surface area contributed by atoms with E-state index in [9.17, 15) is 13.2 Å². The Morgan fingerprint density at radius 2 is 1.95 bits per heavy atom. The number of nitrogens with zero attached hydrogens (tertiary/aromatic N) is 2. The van der Waals surface area contributed by atoms with Crippen LogP contribution in [-0.2, 0) is 6.18 Å². The molecule has 0 spiro atoms. The highest BCUT2D eigenvalue weighted by Gasteiger charge is 2.34. The lowest BCUT2D eigenvalue weighted by Gasteiger charge is -2.35. The number of halogens is 3. The van der Waals surface area contributed by atoms with E-state index in [2.05, 4.69) is 0 Å². The van der Waals surface area contributed by atoms with E-state index in [0.29, 0.717) is 24.7 Å². The molecule has 3 nitrogen and oxygen atoms in total. The van der Waals surface area contributed by atoms with Crippen LogP contribution in [0.4, 0.5) is 18.9 Å². The van der Waals surface area contributed by atoms with Crippen LogP contribution >= 0.6 is 0 Å². The first-order valence-electron chi connectivity index (χ1n) is 6.95. The summed E-state index contributed by atoms with van der Waals surface area (Å²) < 4.78 is 38.9. The summed E-state index contributed by atoms with van der Waals surface area (Å²) in [5.41, 5.74) is 5.18. The second-order valence-electron chi connectivity index (χ2n) is 5.52. The van der Waals surface area contributed by atoms with Crippen LogP contribution in [0.1, 0.15) is 30.9 Å². The molecular weight excluding hydrogens is 279 g/mol. The van der Waals surface area contributed by atoms with Gasteiger partial charge < -0.3 is 10.6 Å². The standard InChI is InChI=1S/C15H18F3N3/c1-10(20)11-4-6-21(7-5-11)13-3-2-12(9-19)14(8-13)15(16,17)18/h2-3,8,10-11H,4-7,20H2,1H3. The van der Waals surface area contributed by atoms with Crippen LogP contribution in [0.25, 0.3) is 0 Å². The zero-order chi connectivity index (χ0) is 15.6. The van der Waals surface area contributed by atoms with Crippen molar-refractivity contribution >= 4 is 5.69 Å². The Labute approximate surface area is 122 Å². The largest absolute Gasteiger partial charge is 0.417 e.